The van der Waals surface area contributed by atoms with E-state index in [4.69, 9.17) is 19.2 Å². The molecule has 0 aliphatic carbocycles. The molecule has 0 spiro atoms. The third kappa shape index (κ3) is 83.9. The van der Waals surface area contributed by atoms with Crippen LogP contribution in [0, 0.1) is 0 Å². The molecule has 0 aromatic carbocycles. The van der Waals surface area contributed by atoms with E-state index < -0.39 is 7.82 Å². The Morgan fingerprint density at radius 3 is 1.12 bits per heavy atom. The fourth-order valence-corrected chi connectivity index (χ4v) is 0. The van der Waals surface area contributed by atoms with Crippen LogP contribution in [0.5, 0.6) is 0 Å². The molecule has 0 saturated carbocycles. The van der Waals surface area contributed by atoms with Crippen molar-refractivity contribution in [3.63, 3.8) is 0 Å². The summed E-state index contributed by atoms with van der Waals surface area (Å²) < 4.78 is 8.88. The monoisotopic (exact) mass is 199 g/mol. The third-order valence-corrected chi connectivity index (χ3v) is 0. The van der Waals surface area contributed by atoms with Gasteiger partial charge in [-0.25, -0.2) is 4.57 Å². The SMILES string of the molecule is O=P(O)(O)O.[LiH].[Sc].[Ti]. The molecule has 0 aromatic heterocycles. The topological polar surface area (TPSA) is 77.8 Å². The average Bonchev–Trinajstić information content (AvgIpc) is 0.722. The first-order valence-corrected chi connectivity index (χ1v) is 2.35. The van der Waals surface area contributed by atoms with E-state index in [2.05, 4.69) is 0 Å². The van der Waals surface area contributed by atoms with Gasteiger partial charge < -0.3 is 14.7 Å². The molecule has 8 heteroatoms. The van der Waals surface area contributed by atoms with Crippen molar-refractivity contribution in [1.29, 1.82) is 0 Å². The second kappa shape index (κ2) is 9.29. The molecule has 0 aliphatic rings. The van der Waals surface area contributed by atoms with Crippen molar-refractivity contribution in [3.8, 4) is 0 Å². The van der Waals surface area contributed by atoms with Crippen molar-refractivity contribution in [2.24, 2.45) is 0 Å². The smallest absolute Gasteiger partial charge is 0 e. The van der Waals surface area contributed by atoms with Crippen molar-refractivity contribution in [2.45, 2.75) is 0 Å². The maximum atomic E-state index is 8.88. The Morgan fingerprint density at radius 2 is 1.12 bits per heavy atom. The first-order chi connectivity index (χ1) is 2.00. The zero-order valence-electron chi connectivity index (χ0n) is 3.27. The van der Waals surface area contributed by atoms with Gasteiger partial charge >= 0.3 is 26.7 Å². The summed E-state index contributed by atoms with van der Waals surface area (Å²) in [6, 6.07) is 0. The minimum Gasteiger partial charge on any atom is 0 e. The predicted octanol–water partition coefficient (Wildman–Crippen LogP) is -1.58. The van der Waals surface area contributed by atoms with Crippen LogP contribution < -0.4 is 0 Å². The van der Waals surface area contributed by atoms with Gasteiger partial charge in [-0.3, -0.25) is 0 Å². The quantitative estimate of drug-likeness (QED) is 0.324. The number of phosphoric acid groups is 1. The molecule has 3 N–H and O–H groups in total. The molecular formula is H4LiO4PScTi. The largest absolute Gasteiger partial charge is 0 e. The fraction of sp³-hybridized carbons (Fsp3) is 0. The summed E-state index contributed by atoms with van der Waals surface area (Å²) in [5.74, 6) is 0. The van der Waals surface area contributed by atoms with Crippen LogP contribution in [0.3, 0.4) is 0 Å². The minimum absolute atomic E-state index is 0. The van der Waals surface area contributed by atoms with E-state index >= 15 is 0 Å². The second-order valence-corrected chi connectivity index (χ2v) is 1.54. The molecule has 4 nitrogen and oxygen atoms in total. The van der Waals surface area contributed by atoms with E-state index in [1.165, 1.54) is 0 Å². The molecule has 0 atom stereocenters. The van der Waals surface area contributed by atoms with Crippen molar-refractivity contribution in [2.75, 3.05) is 0 Å². The van der Waals surface area contributed by atoms with E-state index in [-0.39, 0.29) is 66.4 Å². The van der Waals surface area contributed by atoms with Crippen LogP contribution in [0.15, 0.2) is 0 Å². The van der Waals surface area contributed by atoms with Crippen LogP contribution in [0.1, 0.15) is 0 Å². The van der Waals surface area contributed by atoms with Crippen LogP contribution in [0.4, 0.5) is 0 Å². The van der Waals surface area contributed by atoms with E-state index in [9.17, 15) is 0 Å². The Bertz CT molecular complexity index is 62.2. The second-order valence-electron chi connectivity index (χ2n) is 0.513. The molecule has 0 saturated heterocycles. The Balaban J connectivity index is -0.0000000267. The van der Waals surface area contributed by atoms with Crippen molar-refractivity contribution in [3.05, 3.63) is 0 Å². The standard InChI is InChI=1S/Li.H3O4P.Sc.Ti.H/c;1-5(2,3)4;;;/h;(H3,1,2,3,4);;;. The molecule has 0 bridgehead atoms. The van der Waals surface area contributed by atoms with Gasteiger partial charge in [-0.2, -0.15) is 0 Å². The van der Waals surface area contributed by atoms with Crippen LogP contribution >= 0.6 is 7.82 Å². The van der Waals surface area contributed by atoms with Crippen molar-refractivity contribution < 1.29 is 66.8 Å². The van der Waals surface area contributed by atoms with E-state index in [1.54, 1.807) is 0 Å². The van der Waals surface area contributed by atoms with Gasteiger partial charge in [-0.05, 0) is 0 Å². The summed E-state index contributed by atoms with van der Waals surface area (Å²) in [5.41, 5.74) is 0. The normalized spacial score (nSPS) is 7.38. The molecule has 0 aromatic rings. The van der Waals surface area contributed by atoms with Crippen LogP contribution in [-0.2, 0) is 52.1 Å². The van der Waals surface area contributed by atoms with Gasteiger partial charge in [0.25, 0.3) is 0 Å². The Morgan fingerprint density at radius 1 is 1.12 bits per heavy atom. The average molecular weight is 199 g/mol. The van der Waals surface area contributed by atoms with E-state index in [1.807, 2.05) is 0 Å². The Kier molecular flexibility index (Phi) is 26.1. The van der Waals surface area contributed by atoms with Crippen molar-refractivity contribution >= 4 is 26.7 Å². The summed E-state index contributed by atoms with van der Waals surface area (Å²) >= 11 is 0. The van der Waals surface area contributed by atoms with Crippen LogP contribution in [-0.4, -0.2) is 33.5 Å². The van der Waals surface area contributed by atoms with Gasteiger partial charge in [0.1, 0.15) is 0 Å². The first kappa shape index (κ1) is 22.4. The molecule has 0 amide bonds. The first-order valence-electron chi connectivity index (χ1n) is 0.783. The number of rotatable bonds is 0. The summed E-state index contributed by atoms with van der Waals surface area (Å²) in [6.45, 7) is 0. The summed E-state index contributed by atoms with van der Waals surface area (Å²) in [5, 5.41) is 0. The molecule has 0 unspecified atom stereocenters. The van der Waals surface area contributed by atoms with E-state index in [0.717, 1.165) is 0 Å². The predicted molar refractivity (Wildman–Crippen MR) is 21.4 cm³/mol. The summed E-state index contributed by atoms with van der Waals surface area (Å²) in [7, 11) is -4.64. The molecule has 1 radical (unpaired) electrons. The summed E-state index contributed by atoms with van der Waals surface area (Å²) in [6.07, 6.45) is 0. The maximum Gasteiger partial charge on any atom is 0 e. The van der Waals surface area contributed by atoms with Gasteiger partial charge in [0.2, 0.25) is 0 Å². The zero-order chi connectivity index (χ0) is 4.50. The molecule has 8 heavy (non-hydrogen) atoms. The Labute approximate surface area is 92.5 Å². The molecule has 0 aliphatic heterocycles. The third-order valence-electron chi connectivity index (χ3n) is 0. The summed E-state index contributed by atoms with van der Waals surface area (Å²) in [4.78, 5) is 21.6. The number of hydrogen-bond acceptors (Lipinski definition) is 1. The van der Waals surface area contributed by atoms with Gasteiger partial charge in [0.05, 0.1) is 0 Å². The minimum atomic E-state index is -4.64. The molecule has 41 valence electrons. The van der Waals surface area contributed by atoms with Gasteiger partial charge in [-0.1, -0.05) is 0 Å². The molecule has 0 heterocycles. The van der Waals surface area contributed by atoms with Gasteiger partial charge in [0.15, 0.2) is 0 Å². The molecule has 0 rings (SSSR count). The molecule has 0 fully saturated rings. The molecular weight excluding hydrogens is 195 g/mol. The van der Waals surface area contributed by atoms with Gasteiger partial charge in [0, 0.05) is 47.6 Å². The van der Waals surface area contributed by atoms with Crippen LogP contribution in [0.2, 0.25) is 0 Å². The van der Waals surface area contributed by atoms with Crippen LogP contribution in [0.25, 0.3) is 0 Å². The van der Waals surface area contributed by atoms with Gasteiger partial charge in [-0.15, -0.1) is 0 Å². The zero-order valence-corrected chi connectivity index (χ0v) is 7.53. The fourth-order valence-electron chi connectivity index (χ4n) is 0. The Hall–Kier alpha value is 2.29. The maximum absolute atomic E-state index is 8.88. The number of hydrogen-bond donors (Lipinski definition) is 3. The van der Waals surface area contributed by atoms with E-state index in [0.29, 0.717) is 0 Å². The van der Waals surface area contributed by atoms with Crippen molar-refractivity contribution in [1.82, 2.24) is 0 Å².